The number of hydrogen-bond donors (Lipinski definition) is 1. The van der Waals surface area contributed by atoms with Gasteiger partial charge in [0, 0.05) is 11.1 Å². The summed E-state index contributed by atoms with van der Waals surface area (Å²) in [6, 6.07) is 7.19. The maximum atomic E-state index is 11.5. The first-order chi connectivity index (χ1) is 15.7. The van der Waals surface area contributed by atoms with Crippen molar-refractivity contribution in [3.05, 3.63) is 57.6 Å². The van der Waals surface area contributed by atoms with Gasteiger partial charge in [0.2, 0.25) is 0 Å². The monoisotopic (exact) mass is 542 g/mol. The van der Waals surface area contributed by atoms with E-state index < -0.39 is 11.4 Å². The first-order valence-corrected chi connectivity index (χ1v) is 16.4. The van der Waals surface area contributed by atoms with Gasteiger partial charge < -0.3 is 9.84 Å². The molecule has 0 bridgehead atoms. The van der Waals surface area contributed by atoms with Crippen molar-refractivity contribution < 1.29 is 19.4 Å². The Morgan fingerprint density at radius 3 is 1.59 bits per heavy atom. The van der Waals surface area contributed by atoms with Gasteiger partial charge in [0.25, 0.3) is 0 Å². The molecule has 186 valence electrons. The Morgan fingerprint density at radius 1 is 0.765 bits per heavy atom. The Hall–Kier alpha value is -1.22. The van der Waals surface area contributed by atoms with Crippen molar-refractivity contribution >= 4 is 53.1 Å². The van der Waals surface area contributed by atoms with Gasteiger partial charge in [0.1, 0.15) is 11.5 Å². The Morgan fingerprint density at radius 2 is 1.15 bits per heavy atom. The number of Topliss-reactive ketones (excluding diaryl/α,β-unsaturated/α-hetero) is 2. The Bertz CT molecular complexity index is 990. The van der Waals surface area contributed by atoms with Gasteiger partial charge in [0.05, 0.1) is 7.11 Å². The van der Waals surface area contributed by atoms with Crippen molar-refractivity contribution in [2.75, 3.05) is 7.11 Å². The highest BCUT2D eigenvalue weighted by Crippen LogP contribution is 2.33. The molecule has 2 aliphatic carbocycles. The van der Waals surface area contributed by atoms with Crippen molar-refractivity contribution in [3.63, 3.8) is 0 Å². The van der Waals surface area contributed by atoms with Gasteiger partial charge >= 0.3 is 11.4 Å². The van der Waals surface area contributed by atoms with Crippen LogP contribution >= 0.6 is 30.1 Å². The second-order valence-corrected chi connectivity index (χ2v) is 14.6. The van der Waals surface area contributed by atoms with Crippen LogP contribution in [0, 0.1) is 0 Å². The first kappa shape index (κ1) is 30.8. The van der Waals surface area contributed by atoms with Crippen molar-refractivity contribution in [2.24, 2.45) is 0 Å². The molecule has 0 spiro atoms. The van der Waals surface area contributed by atoms with Gasteiger partial charge in [-0.2, -0.15) is 0 Å². The van der Waals surface area contributed by atoms with E-state index in [1.54, 1.807) is 33.1 Å². The summed E-state index contributed by atoms with van der Waals surface area (Å²) in [4.78, 5) is 22.8. The lowest BCUT2D eigenvalue weighted by Gasteiger charge is -2.20. The van der Waals surface area contributed by atoms with Crippen LogP contribution in [0.1, 0.15) is 89.9 Å². The van der Waals surface area contributed by atoms with Crippen LogP contribution in [0.2, 0.25) is 0 Å². The van der Waals surface area contributed by atoms with Gasteiger partial charge in [-0.15, -0.1) is 0 Å². The molecule has 4 nitrogen and oxygen atoms in total. The van der Waals surface area contributed by atoms with E-state index in [-0.39, 0.29) is 19.0 Å². The predicted octanol–water partition coefficient (Wildman–Crippen LogP) is 7.57. The molecule has 4 rings (SSSR count). The third-order valence-corrected chi connectivity index (χ3v) is 5.98. The van der Waals surface area contributed by atoms with Gasteiger partial charge in [-0.1, -0.05) is 7.43 Å². The van der Waals surface area contributed by atoms with Crippen LogP contribution in [0.4, 0.5) is 0 Å². The van der Waals surface area contributed by atoms with Crippen LogP contribution in [0.3, 0.4) is 0 Å². The molecule has 2 aromatic rings. The zero-order valence-corrected chi connectivity index (χ0v) is 22.8. The Labute approximate surface area is 220 Å². The van der Waals surface area contributed by atoms with Crippen LogP contribution in [0.15, 0.2) is 24.3 Å². The fourth-order valence-electron chi connectivity index (χ4n) is 4.53. The van der Waals surface area contributed by atoms with Crippen LogP contribution in [-0.4, -0.2) is 35.2 Å². The first-order valence-electron chi connectivity index (χ1n) is 11.1. The molecule has 0 amide bonds. The summed E-state index contributed by atoms with van der Waals surface area (Å²) in [7, 11) is 16.5. The van der Waals surface area contributed by atoms with E-state index >= 15 is 0 Å². The van der Waals surface area contributed by atoms with Crippen LogP contribution in [0.25, 0.3) is 0 Å². The minimum Gasteiger partial charge on any atom is -0.508 e. The van der Waals surface area contributed by atoms with Gasteiger partial charge in [0.15, 0.2) is 11.6 Å². The molecule has 0 radical (unpaired) electrons. The van der Waals surface area contributed by atoms with E-state index in [4.69, 9.17) is 34.9 Å². The number of methoxy groups -OCH3 is 1. The molecule has 2 aliphatic rings. The molecule has 0 fully saturated rings. The van der Waals surface area contributed by atoms with Gasteiger partial charge in [-0.3, -0.25) is 9.59 Å². The number of aromatic hydroxyl groups is 1. The summed E-state index contributed by atoms with van der Waals surface area (Å²) >= 11 is -1.72. The largest absolute Gasteiger partial charge is 0.643 e. The zero-order chi connectivity index (χ0) is 24.5. The molecular weight excluding hydrogens is 510 g/mol. The van der Waals surface area contributed by atoms with E-state index in [1.807, 2.05) is 12.1 Å². The molecule has 8 heteroatoms. The number of ketones is 2. The Kier molecular flexibility index (Phi) is 13.6. The molecule has 0 aromatic heterocycles. The van der Waals surface area contributed by atoms with Crippen molar-refractivity contribution in [1.29, 1.82) is 0 Å². The number of rotatable bonds is 3. The van der Waals surface area contributed by atoms with Crippen molar-refractivity contribution in [3.8, 4) is 11.5 Å². The quantitative estimate of drug-likeness (QED) is 0.320. The number of halogens is 3. The van der Waals surface area contributed by atoms with Crippen LogP contribution < -0.4 is 4.74 Å². The Balaban J connectivity index is 0.000000288. The maximum absolute atomic E-state index is 11.5. The third kappa shape index (κ3) is 8.47. The van der Waals surface area contributed by atoms with E-state index in [0.717, 1.165) is 66.5 Å². The molecule has 0 heterocycles. The second-order valence-electron chi connectivity index (χ2n) is 8.14. The molecule has 2 aromatic carbocycles. The van der Waals surface area contributed by atoms with Crippen LogP contribution in [0.5, 0.6) is 11.5 Å². The maximum Gasteiger partial charge on any atom is 0.643 e. The molecular formula is C26H34AlCl3O4. The fourth-order valence-corrected chi connectivity index (χ4v) is 4.53. The molecule has 0 unspecified atom stereocenters. The molecule has 34 heavy (non-hydrogen) atoms. The van der Waals surface area contributed by atoms with Crippen molar-refractivity contribution in [1.82, 2.24) is 0 Å². The highest BCUT2D eigenvalue weighted by Gasteiger charge is 2.19. The average molecular weight is 544 g/mol. The fraction of sp³-hybridized carbons (Fsp3) is 0.462. The normalized spacial score (nSPS) is 13.4. The summed E-state index contributed by atoms with van der Waals surface area (Å²) in [6.45, 7) is 3.22. The van der Waals surface area contributed by atoms with E-state index in [2.05, 4.69) is 0 Å². The van der Waals surface area contributed by atoms with Crippen molar-refractivity contribution in [2.45, 2.75) is 72.6 Å². The average Bonchev–Trinajstić information content (AvgIpc) is 2.78. The topological polar surface area (TPSA) is 63.6 Å². The lowest BCUT2D eigenvalue weighted by Crippen LogP contribution is -2.10. The zero-order valence-electron chi connectivity index (χ0n) is 19.3. The number of hydrogen-bond acceptors (Lipinski definition) is 4. The number of carbonyl (C=O) groups is 2. The number of phenolic OH excluding ortho intramolecular Hbond substituents is 1. The summed E-state index contributed by atoms with van der Waals surface area (Å²) in [6.07, 6.45) is 8.51. The molecule has 0 atom stereocenters. The number of carbonyl (C=O) groups excluding carboxylic acids is 2. The predicted molar refractivity (Wildman–Crippen MR) is 144 cm³/mol. The summed E-state index contributed by atoms with van der Waals surface area (Å²) < 4.78 is 5.34. The molecule has 0 saturated carbocycles. The molecule has 0 aliphatic heterocycles. The lowest BCUT2D eigenvalue weighted by molar-refractivity contribution is 0.100. The molecule has 0 saturated heterocycles. The van der Waals surface area contributed by atoms with E-state index in [9.17, 15) is 14.7 Å². The minimum absolute atomic E-state index is 0. The molecule has 1 N–H and O–H groups in total. The SMILES string of the molecule is C.CC(=O)c1ccc(O)c2c1CCCC2.COc1ccc(C(C)=O)c2c1CCCC2.[Cl][Al]([Cl])[Cl]. The summed E-state index contributed by atoms with van der Waals surface area (Å²) in [5.41, 5.74) is 6.19. The minimum atomic E-state index is -1.72. The van der Waals surface area contributed by atoms with Gasteiger partial charge in [-0.05, 0) is 112 Å². The highest BCUT2D eigenvalue weighted by molar-refractivity contribution is 7.54. The smallest absolute Gasteiger partial charge is 0.508 e. The number of phenols is 1. The summed E-state index contributed by atoms with van der Waals surface area (Å²) in [5.74, 6) is 1.55. The van der Waals surface area contributed by atoms with E-state index in [1.165, 1.54) is 24.0 Å². The van der Waals surface area contributed by atoms with Crippen LogP contribution in [-0.2, 0) is 25.7 Å². The summed E-state index contributed by atoms with van der Waals surface area (Å²) in [5, 5.41) is 9.65. The number of fused-ring (bicyclic) bond motifs is 2. The highest BCUT2D eigenvalue weighted by atomic mass is 35.8. The standard InChI is InChI=1S/C13H16O2.C12H14O2.CH4.Al.3ClH/c1-9(14)10-7-8-13(15-2)12-6-4-3-5-11(10)12;1-8(13)9-6-7-12(14)11-5-3-2-4-10(9)11;;;;;/h7-8H,3-6H2,1-2H3;6-7,14H,2-5H2,1H3;1H4;;3*1H/q;;;+3;;;/p-3. The third-order valence-electron chi connectivity index (χ3n) is 5.98. The van der Waals surface area contributed by atoms with E-state index in [0.29, 0.717) is 5.75 Å². The number of benzene rings is 2. The lowest BCUT2D eigenvalue weighted by atomic mass is 9.86. The number of ether oxygens (including phenoxy) is 1. The van der Waals surface area contributed by atoms with Gasteiger partial charge in [-0.25, -0.2) is 30.1 Å². The second kappa shape index (κ2) is 15.0.